The average Bonchev–Trinajstić information content (AvgIpc) is 2.99. The van der Waals surface area contributed by atoms with Gasteiger partial charge in [0, 0.05) is 5.92 Å². The van der Waals surface area contributed by atoms with Gasteiger partial charge in [-0.25, -0.2) is 0 Å². The molecule has 22 heavy (non-hydrogen) atoms. The van der Waals surface area contributed by atoms with E-state index in [2.05, 4.69) is 86.7 Å². The third kappa shape index (κ3) is 2.07. The van der Waals surface area contributed by atoms with Gasteiger partial charge in [-0.2, -0.15) is 0 Å². The molecule has 0 radical (unpaired) electrons. The van der Waals surface area contributed by atoms with Crippen LogP contribution < -0.4 is 0 Å². The molecule has 0 aliphatic heterocycles. The molecule has 0 amide bonds. The summed E-state index contributed by atoms with van der Waals surface area (Å²) in [5, 5.41) is 2.66. The summed E-state index contributed by atoms with van der Waals surface area (Å²) in [6.45, 7) is 4.54. The Kier molecular flexibility index (Phi) is 3.11. The van der Waals surface area contributed by atoms with E-state index in [1.165, 1.54) is 33.1 Å². The molecule has 0 spiro atoms. The third-order valence-corrected chi connectivity index (χ3v) is 4.72. The first-order valence-corrected chi connectivity index (χ1v) is 8.04. The van der Waals surface area contributed by atoms with Crippen molar-refractivity contribution < 1.29 is 0 Å². The quantitative estimate of drug-likeness (QED) is 0.641. The van der Waals surface area contributed by atoms with E-state index in [9.17, 15) is 0 Å². The summed E-state index contributed by atoms with van der Waals surface area (Å²) < 4.78 is 0. The molecule has 0 saturated carbocycles. The van der Waals surface area contributed by atoms with Gasteiger partial charge in [0.15, 0.2) is 0 Å². The second-order valence-electron chi connectivity index (χ2n) is 6.45. The summed E-state index contributed by atoms with van der Waals surface area (Å²) in [6, 6.07) is 15.3. The molecule has 2 aromatic carbocycles. The predicted molar refractivity (Wildman–Crippen MR) is 95.6 cm³/mol. The van der Waals surface area contributed by atoms with Crippen LogP contribution in [0.3, 0.4) is 0 Å². The van der Waals surface area contributed by atoms with Crippen LogP contribution in [-0.4, -0.2) is 0 Å². The maximum Gasteiger partial charge on any atom is 0.0281 e. The molecule has 1 unspecified atom stereocenters. The molecule has 0 fully saturated rings. The fourth-order valence-electron chi connectivity index (χ4n) is 3.50. The lowest BCUT2D eigenvalue weighted by atomic mass is 9.83. The molecule has 0 heteroatoms. The summed E-state index contributed by atoms with van der Waals surface area (Å²) in [4.78, 5) is 0. The van der Waals surface area contributed by atoms with Crippen LogP contribution in [0.1, 0.15) is 19.4 Å². The Morgan fingerprint density at radius 2 is 1.77 bits per heavy atom. The van der Waals surface area contributed by atoms with Crippen molar-refractivity contribution in [1.82, 2.24) is 0 Å². The van der Waals surface area contributed by atoms with Gasteiger partial charge in [-0.3, -0.25) is 0 Å². The van der Waals surface area contributed by atoms with Crippen molar-refractivity contribution >= 4 is 16.3 Å². The van der Waals surface area contributed by atoms with Crippen LogP contribution in [0.5, 0.6) is 0 Å². The Morgan fingerprint density at radius 1 is 0.955 bits per heavy atom. The normalized spacial score (nSPS) is 20.0. The highest BCUT2D eigenvalue weighted by atomic mass is 14.3. The van der Waals surface area contributed by atoms with E-state index < -0.39 is 0 Å². The van der Waals surface area contributed by atoms with Crippen molar-refractivity contribution in [1.29, 1.82) is 0 Å². The first-order valence-electron chi connectivity index (χ1n) is 8.04. The lowest BCUT2D eigenvalue weighted by Gasteiger charge is -2.20. The Hall–Kier alpha value is -2.34. The van der Waals surface area contributed by atoms with Gasteiger partial charge in [-0.1, -0.05) is 86.7 Å². The van der Waals surface area contributed by atoms with E-state index in [0.29, 0.717) is 11.8 Å². The first kappa shape index (κ1) is 13.3. The Bertz CT molecular complexity index is 851. The average molecular weight is 284 g/mol. The van der Waals surface area contributed by atoms with Crippen LogP contribution in [-0.2, 0) is 0 Å². The highest BCUT2D eigenvalue weighted by Gasteiger charge is 2.25. The van der Waals surface area contributed by atoms with Crippen molar-refractivity contribution in [2.45, 2.75) is 13.8 Å². The van der Waals surface area contributed by atoms with Gasteiger partial charge in [0.1, 0.15) is 0 Å². The third-order valence-electron chi connectivity index (χ3n) is 4.72. The molecule has 0 bridgehead atoms. The van der Waals surface area contributed by atoms with Gasteiger partial charge >= 0.3 is 0 Å². The van der Waals surface area contributed by atoms with Crippen LogP contribution in [0, 0.1) is 11.8 Å². The van der Waals surface area contributed by atoms with Gasteiger partial charge in [0.2, 0.25) is 0 Å². The number of allylic oxidation sites excluding steroid dienone is 8. The minimum Gasteiger partial charge on any atom is -0.0691 e. The standard InChI is InChI=1S/C22H20/c1-15(2)18-13-17-9-6-12-21(22(17)14-18)20-11-5-8-16-7-3-4-10-19(16)20/h3-15,22H,1-2H3. The minimum absolute atomic E-state index is 0.410. The van der Waals surface area contributed by atoms with Gasteiger partial charge in [0.05, 0.1) is 0 Å². The van der Waals surface area contributed by atoms with E-state index in [-0.39, 0.29) is 0 Å². The molecule has 1 atom stereocenters. The van der Waals surface area contributed by atoms with Crippen molar-refractivity contribution in [3.8, 4) is 0 Å². The Morgan fingerprint density at radius 3 is 2.64 bits per heavy atom. The molecule has 4 rings (SSSR count). The SMILES string of the molecule is CC(C)C1=CC2C(=C1)C=CC=C2c1cccc2ccccc12. The molecule has 2 aliphatic carbocycles. The lowest BCUT2D eigenvalue weighted by Crippen LogP contribution is -2.04. The van der Waals surface area contributed by atoms with E-state index in [0.717, 1.165) is 0 Å². The highest BCUT2D eigenvalue weighted by molar-refractivity contribution is 5.96. The van der Waals surface area contributed by atoms with Crippen LogP contribution in [0.2, 0.25) is 0 Å². The molecule has 0 nitrogen and oxygen atoms in total. The summed E-state index contributed by atoms with van der Waals surface area (Å²) in [7, 11) is 0. The van der Waals surface area contributed by atoms with Crippen LogP contribution in [0.15, 0.2) is 84.0 Å². The molecule has 0 heterocycles. The van der Waals surface area contributed by atoms with Gasteiger partial charge < -0.3 is 0 Å². The van der Waals surface area contributed by atoms with Gasteiger partial charge in [-0.05, 0) is 39.0 Å². The maximum atomic E-state index is 2.44. The maximum absolute atomic E-state index is 2.44. The van der Waals surface area contributed by atoms with Crippen LogP contribution >= 0.6 is 0 Å². The zero-order valence-electron chi connectivity index (χ0n) is 13.1. The molecule has 2 aliphatic rings. The van der Waals surface area contributed by atoms with E-state index in [4.69, 9.17) is 0 Å². The number of rotatable bonds is 2. The summed E-state index contributed by atoms with van der Waals surface area (Å²) in [5.74, 6) is 0.994. The summed E-state index contributed by atoms with van der Waals surface area (Å²) in [6.07, 6.45) is 11.5. The molecular weight excluding hydrogens is 264 g/mol. The second-order valence-corrected chi connectivity index (χ2v) is 6.45. The summed E-state index contributed by atoms with van der Waals surface area (Å²) in [5.41, 5.74) is 5.66. The van der Waals surface area contributed by atoms with Gasteiger partial charge in [0.25, 0.3) is 0 Å². The molecule has 0 aromatic heterocycles. The topological polar surface area (TPSA) is 0 Å². The van der Waals surface area contributed by atoms with E-state index in [1.807, 2.05) is 0 Å². The molecule has 2 aromatic rings. The van der Waals surface area contributed by atoms with E-state index in [1.54, 1.807) is 0 Å². The number of hydrogen-bond donors (Lipinski definition) is 0. The first-order chi connectivity index (χ1) is 10.7. The smallest absolute Gasteiger partial charge is 0.0281 e. The van der Waals surface area contributed by atoms with Crippen molar-refractivity contribution in [3.63, 3.8) is 0 Å². The Labute approximate surface area is 132 Å². The highest BCUT2D eigenvalue weighted by Crippen LogP contribution is 2.42. The number of benzene rings is 2. The fourth-order valence-corrected chi connectivity index (χ4v) is 3.50. The second kappa shape index (κ2) is 5.14. The fraction of sp³-hybridized carbons (Fsp3) is 0.182. The van der Waals surface area contributed by atoms with Crippen molar-refractivity contribution in [2.75, 3.05) is 0 Å². The zero-order chi connectivity index (χ0) is 15.1. The molecule has 0 N–H and O–H groups in total. The monoisotopic (exact) mass is 284 g/mol. The van der Waals surface area contributed by atoms with Gasteiger partial charge in [-0.15, -0.1) is 0 Å². The van der Waals surface area contributed by atoms with E-state index >= 15 is 0 Å². The lowest BCUT2D eigenvalue weighted by molar-refractivity contribution is 0.790. The van der Waals surface area contributed by atoms with Crippen molar-refractivity contribution in [2.24, 2.45) is 11.8 Å². The van der Waals surface area contributed by atoms with Crippen LogP contribution in [0.4, 0.5) is 0 Å². The van der Waals surface area contributed by atoms with Crippen LogP contribution in [0.25, 0.3) is 16.3 Å². The van der Waals surface area contributed by atoms with Crippen molar-refractivity contribution in [3.05, 3.63) is 89.6 Å². The molecule has 0 saturated heterocycles. The largest absolute Gasteiger partial charge is 0.0691 e. The number of hydrogen-bond acceptors (Lipinski definition) is 0. The zero-order valence-corrected chi connectivity index (χ0v) is 13.1. The predicted octanol–water partition coefficient (Wildman–Crippen LogP) is 5.93. The Balaban J connectivity index is 1.87. The number of fused-ring (bicyclic) bond motifs is 2. The summed E-state index contributed by atoms with van der Waals surface area (Å²) >= 11 is 0. The minimum atomic E-state index is 0.410. The molecule has 108 valence electrons. The molecular formula is C22H20.